The van der Waals surface area contributed by atoms with Crippen LogP contribution in [0.25, 0.3) is 0 Å². The number of carbonyl (C=O) groups excluding carboxylic acids is 1. The second-order valence-corrected chi connectivity index (χ2v) is 7.85. The van der Waals surface area contributed by atoms with Crippen LogP contribution in [0.1, 0.15) is 27.2 Å². The van der Waals surface area contributed by atoms with Crippen molar-refractivity contribution in [3.8, 4) is 0 Å². The van der Waals surface area contributed by atoms with Crippen LogP contribution in [-0.2, 0) is 9.53 Å². The van der Waals surface area contributed by atoms with Gasteiger partial charge in [-0.2, -0.15) is 0 Å². The van der Waals surface area contributed by atoms with Crippen molar-refractivity contribution in [1.29, 1.82) is 0 Å². The predicted octanol–water partition coefficient (Wildman–Crippen LogP) is 2.64. The Morgan fingerprint density at radius 1 is 1.41 bits per heavy atom. The molecule has 0 aliphatic carbocycles. The van der Waals surface area contributed by atoms with E-state index in [9.17, 15) is 9.59 Å². The van der Waals surface area contributed by atoms with Crippen LogP contribution in [0.3, 0.4) is 0 Å². The Kier molecular flexibility index (Phi) is 4.65. The Bertz CT molecular complexity index is 550. The highest BCUT2D eigenvalue weighted by molar-refractivity contribution is 8.00. The summed E-state index contributed by atoms with van der Waals surface area (Å²) < 4.78 is 4.76. The molecule has 0 radical (unpaired) electrons. The molecule has 0 bridgehead atoms. The van der Waals surface area contributed by atoms with Gasteiger partial charge in [-0.05, 0) is 32.9 Å². The minimum absolute atomic E-state index is 0.0203. The van der Waals surface area contributed by atoms with Crippen LogP contribution < -0.4 is 0 Å². The normalized spacial score (nSPS) is 16.8. The molecule has 7 heteroatoms. The topological polar surface area (TPSA) is 79.7 Å². The number of amides is 1. The summed E-state index contributed by atoms with van der Waals surface area (Å²) in [5.74, 6) is -0.882. The molecule has 6 nitrogen and oxygen atoms in total. The molecule has 0 saturated carbocycles. The van der Waals surface area contributed by atoms with Crippen molar-refractivity contribution in [1.82, 2.24) is 9.88 Å². The van der Waals surface area contributed by atoms with E-state index in [4.69, 9.17) is 9.84 Å². The van der Waals surface area contributed by atoms with E-state index in [0.29, 0.717) is 13.1 Å². The number of nitrogens with zero attached hydrogens (tertiary/aromatic N) is 2. The van der Waals surface area contributed by atoms with Crippen molar-refractivity contribution in [2.45, 2.75) is 42.6 Å². The number of pyridine rings is 1. The summed E-state index contributed by atoms with van der Waals surface area (Å²) in [7, 11) is 0. The summed E-state index contributed by atoms with van der Waals surface area (Å²) >= 11 is 1.40. The standard InChI is InChI=1S/C15H20N2O4S/c1-14(2,3)21-13(20)17-9-15(10-17,8-12(18)19)22-11-6-4-5-7-16-11/h4-7H,8-10H2,1-3H3,(H,18,19). The van der Waals surface area contributed by atoms with Crippen LogP contribution >= 0.6 is 11.8 Å². The van der Waals surface area contributed by atoms with Crippen LogP contribution in [0.5, 0.6) is 0 Å². The van der Waals surface area contributed by atoms with E-state index in [2.05, 4.69) is 4.98 Å². The average molecular weight is 324 g/mol. The highest BCUT2D eigenvalue weighted by Gasteiger charge is 2.49. The minimum atomic E-state index is -0.882. The molecule has 1 aliphatic rings. The third-order valence-electron chi connectivity index (χ3n) is 3.04. The lowest BCUT2D eigenvalue weighted by Crippen LogP contribution is -2.62. The Morgan fingerprint density at radius 3 is 2.59 bits per heavy atom. The van der Waals surface area contributed by atoms with Gasteiger partial charge in [-0.1, -0.05) is 17.8 Å². The van der Waals surface area contributed by atoms with Gasteiger partial charge < -0.3 is 14.7 Å². The molecule has 0 unspecified atom stereocenters. The third-order valence-corrected chi connectivity index (χ3v) is 4.33. The molecule has 120 valence electrons. The molecular formula is C15H20N2O4S. The molecule has 1 fully saturated rings. The number of likely N-dealkylation sites (tertiary alicyclic amines) is 1. The van der Waals surface area contributed by atoms with Gasteiger partial charge in [0.15, 0.2) is 0 Å². The summed E-state index contributed by atoms with van der Waals surface area (Å²) in [6.07, 6.45) is 1.24. The smallest absolute Gasteiger partial charge is 0.410 e. The number of aliphatic carboxylic acids is 1. The molecule has 1 aromatic rings. The Morgan fingerprint density at radius 2 is 2.09 bits per heavy atom. The van der Waals surface area contributed by atoms with Crippen LogP contribution in [0.2, 0.25) is 0 Å². The number of carbonyl (C=O) groups is 2. The van der Waals surface area contributed by atoms with Crippen LogP contribution in [-0.4, -0.2) is 50.5 Å². The summed E-state index contributed by atoms with van der Waals surface area (Å²) in [6, 6.07) is 5.50. The summed E-state index contributed by atoms with van der Waals surface area (Å²) in [4.78, 5) is 28.9. The maximum atomic E-state index is 12.0. The molecule has 2 heterocycles. The molecule has 2 rings (SSSR count). The maximum absolute atomic E-state index is 12.0. The summed E-state index contributed by atoms with van der Waals surface area (Å²) in [5.41, 5.74) is -0.559. The molecule has 1 saturated heterocycles. The van der Waals surface area contributed by atoms with Gasteiger partial charge in [0, 0.05) is 19.3 Å². The number of carboxylic acid groups (broad SMARTS) is 1. The second-order valence-electron chi connectivity index (χ2n) is 6.36. The fraction of sp³-hybridized carbons (Fsp3) is 0.533. The van der Waals surface area contributed by atoms with Gasteiger partial charge in [0.05, 0.1) is 16.2 Å². The summed E-state index contributed by atoms with van der Waals surface area (Å²) in [6.45, 7) is 6.10. The number of ether oxygens (including phenoxy) is 1. The van der Waals surface area contributed by atoms with E-state index in [1.54, 1.807) is 27.0 Å². The molecule has 1 N–H and O–H groups in total. The molecule has 0 aromatic carbocycles. The van der Waals surface area contributed by atoms with Crippen molar-refractivity contribution >= 4 is 23.8 Å². The lowest BCUT2D eigenvalue weighted by atomic mass is 9.95. The second kappa shape index (κ2) is 6.16. The number of carboxylic acids is 1. The molecule has 0 atom stereocenters. The highest BCUT2D eigenvalue weighted by Crippen LogP contribution is 2.42. The largest absolute Gasteiger partial charge is 0.481 e. The van der Waals surface area contributed by atoms with Gasteiger partial charge in [-0.15, -0.1) is 0 Å². The quantitative estimate of drug-likeness (QED) is 0.917. The summed E-state index contributed by atoms with van der Waals surface area (Å²) in [5, 5.41) is 9.89. The first kappa shape index (κ1) is 16.6. The van der Waals surface area contributed by atoms with Gasteiger partial charge in [-0.25, -0.2) is 9.78 Å². The SMILES string of the molecule is CC(C)(C)OC(=O)N1CC(CC(=O)O)(Sc2ccccn2)C1. The van der Waals surface area contributed by atoms with Gasteiger partial charge in [0.1, 0.15) is 5.60 Å². The van der Waals surface area contributed by atoms with Crippen LogP contribution in [0.4, 0.5) is 4.79 Å². The van der Waals surface area contributed by atoms with Crippen molar-refractivity contribution < 1.29 is 19.4 Å². The molecule has 22 heavy (non-hydrogen) atoms. The van der Waals surface area contributed by atoms with Gasteiger partial charge in [0.2, 0.25) is 0 Å². The minimum Gasteiger partial charge on any atom is -0.481 e. The number of aromatic nitrogens is 1. The monoisotopic (exact) mass is 324 g/mol. The van der Waals surface area contributed by atoms with Crippen LogP contribution in [0, 0.1) is 0 Å². The number of hydrogen-bond acceptors (Lipinski definition) is 5. The van der Waals surface area contributed by atoms with E-state index in [1.165, 1.54) is 16.7 Å². The fourth-order valence-electron chi connectivity index (χ4n) is 2.22. The van der Waals surface area contributed by atoms with E-state index < -0.39 is 22.4 Å². The molecular weight excluding hydrogens is 304 g/mol. The third kappa shape index (κ3) is 4.37. The van der Waals surface area contributed by atoms with Crippen LogP contribution in [0.15, 0.2) is 29.4 Å². The number of hydrogen-bond donors (Lipinski definition) is 1. The van der Waals surface area contributed by atoms with Gasteiger partial charge in [-0.3, -0.25) is 4.79 Å². The first-order valence-electron chi connectivity index (χ1n) is 6.99. The molecule has 1 aromatic heterocycles. The number of rotatable bonds is 4. The van der Waals surface area contributed by atoms with E-state index in [1.807, 2.05) is 18.2 Å². The molecule has 0 spiro atoms. The fourth-order valence-corrected chi connectivity index (χ4v) is 3.56. The van der Waals surface area contributed by atoms with E-state index in [0.717, 1.165) is 5.03 Å². The maximum Gasteiger partial charge on any atom is 0.410 e. The zero-order valence-electron chi connectivity index (χ0n) is 12.9. The zero-order valence-corrected chi connectivity index (χ0v) is 13.7. The Balaban J connectivity index is 2.02. The Labute approximate surface area is 133 Å². The van der Waals surface area contributed by atoms with Crippen molar-refractivity contribution in [2.24, 2.45) is 0 Å². The van der Waals surface area contributed by atoms with Crippen molar-refractivity contribution in [2.75, 3.05) is 13.1 Å². The highest BCUT2D eigenvalue weighted by atomic mass is 32.2. The molecule has 1 aliphatic heterocycles. The van der Waals surface area contributed by atoms with Gasteiger partial charge >= 0.3 is 12.1 Å². The first-order chi connectivity index (χ1) is 10.2. The van der Waals surface area contributed by atoms with E-state index in [-0.39, 0.29) is 6.42 Å². The lowest BCUT2D eigenvalue weighted by Gasteiger charge is -2.48. The molecule has 1 amide bonds. The zero-order chi connectivity index (χ0) is 16.4. The first-order valence-corrected chi connectivity index (χ1v) is 7.81. The predicted molar refractivity (Wildman–Crippen MR) is 82.9 cm³/mol. The number of thioether (sulfide) groups is 1. The average Bonchev–Trinajstić information content (AvgIpc) is 2.33. The van der Waals surface area contributed by atoms with E-state index >= 15 is 0 Å². The van der Waals surface area contributed by atoms with Crippen molar-refractivity contribution in [3.05, 3.63) is 24.4 Å². The lowest BCUT2D eigenvalue weighted by molar-refractivity contribution is -0.138. The van der Waals surface area contributed by atoms with Crippen molar-refractivity contribution in [3.63, 3.8) is 0 Å². The van der Waals surface area contributed by atoms with Gasteiger partial charge in [0.25, 0.3) is 0 Å². The Hall–Kier alpha value is -1.76.